The lowest BCUT2D eigenvalue weighted by atomic mass is 10.1. The molecule has 1 aromatic heterocycles. The number of carbonyl (C=O) groups excluding carboxylic acids is 1. The highest BCUT2D eigenvalue weighted by molar-refractivity contribution is 5.94. The van der Waals surface area contributed by atoms with Gasteiger partial charge in [-0.05, 0) is 18.6 Å². The van der Waals surface area contributed by atoms with Crippen LogP contribution in [0.1, 0.15) is 21.6 Å². The van der Waals surface area contributed by atoms with Gasteiger partial charge in [0.05, 0.1) is 0 Å². The van der Waals surface area contributed by atoms with Gasteiger partial charge in [-0.25, -0.2) is 0 Å². The molecular formula is C8H7F3N2O. The van der Waals surface area contributed by atoms with E-state index < -0.39 is 17.8 Å². The fourth-order valence-corrected chi connectivity index (χ4v) is 1.09. The largest absolute Gasteiger partial charge is 0.433 e. The summed E-state index contributed by atoms with van der Waals surface area (Å²) in [5.41, 5.74) is 3.41. The number of rotatable bonds is 1. The van der Waals surface area contributed by atoms with Crippen LogP contribution in [0.2, 0.25) is 0 Å². The number of hydrogen-bond donors (Lipinski definition) is 1. The van der Waals surface area contributed by atoms with Crippen molar-refractivity contribution in [1.82, 2.24) is 4.98 Å². The van der Waals surface area contributed by atoms with E-state index in [9.17, 15) is 18.0 Å². The van der Waals surface area contributed by atoms with E-state index in [1.807, 2.05) is 0 Å². The molecule has 0 aromatic carbocycles. The van der Waals surface area contributed by atoms with Crippen LogP contribution in [0.5, 0.6) is 0 Å². The molecule has 0 atom stereocenters. The molecule has 0 bridgehead atoms. The zero-order valence-corrected chi connectivity index (χ0v) is 7.22. The topological polar surface area (TPSA) is 56.0 Å². The second-order valence-corrected chi connectivity index (χ2v) is 2.69. The molecule has 0 spiro atoms. The van der Waals surface area contributed by atoms with Gasteiger partial charge in [0.2, 0.25) is 5.91 Å². The molecule has 0 unspecified atom stereocenters. The fourth-order valence-electron chi connectivity index (χ4n) is 1.09. The second kappa shape index (κ2) is 3.28. The van der Waals surface area contributed by atoms with E-state index in [0.29, 0.717) is 0 Å². The van der Waals surface area contributed by atoms with Crippen LogP contribution >= 0.6 is 0 Å². The minimum absolute atomic E-state index is 0.160. The van der Waals surface area contributed by atoms with E-state index in [0.717, 1.165) is 19.2 Å². The van der Waals surface area contributed by atoms with Crippen molar-refractivity contribution in [2.45, 2.75) is 13.1 Å². The van der Waals surface area contributed by atoms with Crippen molar-refractivity contribution in [2.75, 3.05) is 0 Å². The predicted octanol–water partition coefficient (Wildman–Crippen LogP) is 1.51. The number of amides is 1. The molecule has 0 aliphatic heterocycles. The molecule has 1 aromatic rings. The normalized spacial score (nSPS) is 11.4. The van der Waals surface area contributed by atoms with Gasteiger partial charge in [-0.15, -0.1) is 0 Å². The Hall–Kier alpha value is -1.59. The minimum atomic E-state index is -4.56. The summed E-state index contributed by atoms with van der Waals surface area (Å²) in [6.07, 6.45) is -3.65. The molecule has 76 valence electrons. The van der Waals surface area contributed by atoms with E-state index in [2.05, 4.69) is 4.98 Å². The maximum absolute atomic E-state index is 12.3. The smallest absolute Gasteiger partial charge is 0.366 e. The first-order chi connectivity index (χ1) is 6.34. The number of nitrogens with zero attached hydrogens (tertiary/aromatic N) is 1. The lowest BCUT2D eigenvalue weighted by Gasteiger charge is -2.10. The maximum Gasteiger partial charge on any atom is 0.433 e. The molecule has 1 heterocycles. The van der Waals surface area contributed by atoms with Gasteiger partial charge in [-0.1, -0.05) is 0 Å². The van der Waals surface area contributed by atoms with Crippen molar-refractivity contribution in [2.24, 2.45) is 5.73 Å². The summed E-state index contributed by atoms with van der Waals surface area (Å²) in [5, 5.41) is 0. The molecule has 0 aliphatic carbocycles. The third kappa shape index (κ3) is 1.84. The van der Waals surface area contributed by atoms with Gasteiger partial charge < -0.3 is 5.73 Å². The molecule has 3 nitrogen and oxygen atoms in total. The number of alkyl halides is 3. The second-order valence-electron chi connectivity index (χ2n) is 2.69. The Bertz CT molecular complexity index is 373. The molecule has 0 aliphatic rings. The Balaban J connectivity index is 3.35. The summed E-state index contributed by atoms with van der Waals surface area (Å²) >= 11 is 0. The molecule has 0 saturated heterocycles. The summed E-state index contributed by atoms with van der Waals surface area (Å²) in [4.78, 5) is 13.9. The van der Waals surface area contributed by atoms with Gasteiger partial charge in [0, 0.05) is 11.8 Å². The number of pyridine rings is 1. The highest BCUT2D eigenvalue weighted by atomic mass is 19.4. The first-order valence-corrected chi connectivity index (χ1v) is 3.66. The summed E-state index contributed by atoms with van der Waals surface area (Å²) in [7, 11) is 0. The number of carbonyl (C=O) groups is 1. The zero-order chi connectivity index (χ0) is 10.9. The van der Waals surface area contributed by atoms with Crippen LogP contribution in [0.25, 0.3) is 0 Å². The van der Waals surface area contributed by atoms with Crippen molar-refractivity contribution >= 4 is 5.91 Å². The lowest BCUT2D eigenvalue weighted by molar-refractivity contribution is -0.141. The van der Waals surface area contributed by atoms with Gasteiger partial charge in [0.1, 0.15) is 5.69 Å². The molecule has 1 rings (SSSR count). The third-order valence-corrected chi connectivity index (χ3v) is 1.74. The van der Waals surface area contributed by atoms with Crippen molar-refractivity contribution in [3.63, 3.8) is 0 Å². The maximum atomic E-state index is 12.3. The number of primary amides is 1. The number of hydrogen-bond acceptors (Lipinski definition) is 2. The lowest BCUT2D eigenvalue weighted by Crippen LogP contribution is -2.18. The Morgan fingerprint density at radius 1 is 1.50 bits per heavy atom. The molecule has 0 saturated carbocycles. The Kier molecular flexibility index (Phi) is 2.46. The molecule has 0 fully saturated rings. The van der Waals surface area contributed by atoms with Crippen molar-refractivity contribution in [1.29, 1.82) is 0 Å². The van der Waals surface area contributed by atoms with Crippen LogP contribution in [0.4, 0.5) is 13.2 Å². The van der Waals surface area contributed by atoms with Gasteiger partial charge in [-0.2, -0.15) is 13.2 Å². The minimum Gasteiger partial charge on any atom is -0.366 e. The molecule has 6 heteroatoms. The van der Waals surface area contributed by atoms with Crippen molar-refractivity contribution in [3.8, 4) is 0 Å². The fraction of sp³-hybridized carbons (Fsp3) is 0.250. The van der Waals surface area contributed by atoms with Crippen molar-refractivity contribution in [3.05, 3.63) is 29.1 Å². The number of nitrogens with two attached hydrogens (primary N) is 1. The van der Waals surface area contributed by atoms with Gasteiger partial charge in [-0.3, -0.25) is 9.78 Å². The van der Waals surface area contributed by atoms with Crippen LogP contribution in [-0.2, 0) is 6.18 Å². The van der Waals surface area contributed by atoms with E-state index in [-0.39, 0.29) is 11.1 Å². The Labute approximate surface area is 77.7 Å². The average molecular weight is 204 g/mol. The Morgan fingerprint density at radius 2 is 2.07 bits per heavy atom. The molecule has 1 amide bonds. The standard InChI is InChI=1S/C8H7F3N2O/c1-4-5(7(12)14)2-3-13-6(4)8(9,10)11/h2-3H,1H3,(H2,12,14). The first-order valence-electron chi connectivity index (χ1n) is 3.66. The number of aromatic nitrogens is 1. The van der Waals surface area contributed by atoms with Gasteiger partial charge in [0.15, 0.2) is 0 Å². The van der Waals surface area contributed by atoms with Crippen LogP contribution < -0.4 is 5.73 Å². The van der Waals surface area contributed by atoms with Crippen molar-refractivity contribution < 1.29 is 18.0 Å². The predicted molar refractivity (Wildman–Crippen MR) is 42.5 cm³/mol. The summed E-state index contributed by atoms with van der Waals surface area (Å²) in [6.45, 7) is 1.16. The SMILES string of the molecule is Cc1c(C(N)=O)ccnc1C(F)(F)F. The summed E-state index contributed by atoms with van der Waals surface area (Å²) < 4.78 is 36.8. The number of halogens is 3. The highest BCUT2D eigenvalue weighted by Gasteiger charge is 2.35. The van der Waals surface area contributed by atoms with Crippen LogP contribution in [-0.4, -0.2) is 10.9 Å². The molecule has 14 heavy (non-hydrogen) atoms. The van der Waals surface area contributed by atoms with Crippen LogP contribution in [0.3, 0.4) is 0 Å². The summed E-state index contributed by atoms with van der Waals surface area (Å²) in [5.74, 6) is -0.893. The zero-order valence-electron chi connectivity index (χ0n) is 7.22. The van der Waals surface area contributed by atoms with E-state index in [1.165, 1.54) is 0 Å². The Morgan fingerprint density at radius 3 is 2.50 bits per heavy atom. The first kappa shape index (κ1) is 10.5. The monoisotopic (exact) mass is 204 g/mol. The van der Waals surface area contributed by atoms with E-state index in [1.54, 1.807) is 0 Å². The quantitative estimate of drug-likeness (QED) is 0.753. The summed E-state index contributed by atoms with van der Waals surface area (Å²) in [6, 6.07) is 1.16. The van der Waals surface area contributed by atoms with Crippen LogP contribution in [0, 0.1) is 6.92 Å². The third-order valence-electron chi connectivity index (χ3n) is 1.74. The molecular weight excluding hydrogens is 197 g/mol. The molecule has 2 N–H and O–H groups in total. The highest BCUT2D eigenvalue weighted by Crippen LogP contribution is 2.30. The average Bonchev–Trinajstić information content (AvgIpc) is 2.01. The molecule has 0 radical (unpaired) electrons. The van der Waals surface area contributed by atoms with Crippen LogP contribution in [0.15, 0.2) is 12.3 Å². The van der Waals surface area contributed by atoms with Gasteiger partial charge in [0.25, 0.3) is 0 Å². The van der Waals surface area contributed by atoms with Gasteiger partial charge >= 0.3 is 6.18 Å². The van der Waals surface area contributed by atoms with E-state index >= 15 is 0 Å². The van der Waals surface area contributed by atoms with E-state index in [4.69, 9.17) is 5.73 Å².